The topological polar surface area (TPSA) is 88.4 Å². The number of aliphatic carboxylic acids is 1. The van der Waals surface area contributed by atoms with Crippen LogP contribution in [0.15, 0.2) is 23.1 Å². The lowest BCUT2D eigenvalue weighted by atomic mass is 10.2. The molecular formula is C12H14N2O4. The lowest BCUT2D eigenvalue weighted by Crippen LogP contribution is -2.34. The summed E-state index contributed by atoms with van der Waals surface area (Å²) < 4.78 is 1.01. The van der Waals surface area contributed by atoms with Crippen LogP contribution in [-0.4, -0.2) is 28.1 Å². The highest BCUT2D eigenvalue weighted by Crippen LogP contribution is 2.27. The molecule has 6 nitrogen and oxygen atoms in total. The van der Waals surface area contributed by atoms with Crippen LogP contribution in [0.25, 0.3) is 0 Å². The van der Waals surface area contributed by atoms with Crippen molar-refractivity contribution in [1.82, 2.24) is 9.88 Å². The largest absolute Gasteiger partial charge is 0.480 e. The normalized spacial score (nSPS) is 14.2. The van der Waals surface area contributed by atoms with E-state index >= 15 is 0 Å². The highest BCUT2D eigenvalue weighted by molar-refractivity contribution is 5.93. The first kappa shape index (κ1) is 12.3. The third-order valence-corrected chi connectivity index (χ3v) is 2.82. The van der Waals surface area contributed by atoms with Gasteiger partial charge < -0.3 is 15.0 Å². The summed E-state index contributed by atoms with van der Waals surface area (Å²) in [4.78, 5) is 34.2. The quantitative estimate of drug-likeness (QED) is 0.774. The molecule has 1 saturated carbocycles. The van der Waals surface area contributed by atoms with Gasteiger partial charge in [0, 0.05) is 12.7 Å². The predicted octanol–water partition coefficient (Wildman–Crippen LogP) is 0.0727. The van der Waals surface area contributed by atoms with E-state index in [1.165, 1.54) is 18.3 Å². The molecule has 0 unspecified atom stereocenters. The Labute approximate surface area is 103 Å². The van der Waals surface area contributed by atoms with Crippen molar-refractivity contribution in [3.63, 3.8) is 0 Å². The Balaban J connectivity index is 2.13. The van der Waals surface area contributed by atoms with E-state index < -0.39 is 24.0 Å². The van der Waals surface area contributed by atoms with Crippen LogP contribution in [0, 0.1) is 5.92 Å². The Morgan fingerprint density at radius 1 is 1.44 bits per heavy atom. The molecule has 0 radical (unpaired) electrons. The van der Waals surface area contributed by atoms with E-state index in [0.29, 0.717) is 12.5 Å². The second kappa shape index (κ2) is 5.03. The maximum atomic E-state index is 11.8. The van der Waals surface area contributed by atoms with Gasteiger partial charge in [0.1, 0.15) is 12.1 Å². The van der Waals surface area contributed by atoms with Gasteiger partial charge in [-0.15, -0.1) is 0 Å². The number of carboxylic acids is 1. The zero-order chi connectivity index (χ0) is 13.1. The Morgan fingerprint density at radius 2 is 2.17 bits per heavy atom. The summed E-state index contributed by atoms with van der Waals surface area (Å²) >= 11 is 0. The molecule has 0 saturated heterocycles. The number of carbonyl (C=O) groups is 2. The first-order valence-corrected chi connectivity index (χ1v) is 5.77. The molecule has 0 spiro atoms. The number of carbonyl (C=O) groups excluding carboxylic acids is 1. The second-order valence-corrected chi connectivity index (χ2v) is 4.40. The summed E-state index contributed by atoms with van der Waals surface area (Å²) in [6.07, 6.45) is 3.57. The maximum Gasteiger partial charge on any atom is 0.323 e. The van der Waals surface area contributed by atoms with Gasteiger partial charge in [-0.05, 0) is 30.9 Å². The summed E-state index contributed by atoms with van der Waals surface area (Å²) in [6, 6.07) is 2.90. The summed E-state index contributed by atoms with van der Waals surface area (Å²) in [6.45, 7) is 0.134. The summed E-state index contributed by atoms with van der Waals surface area (Å²) in [7, 11) is 0. The van der Waals surface area contributed by atoms with E-state index in [4.69, 9.17) is 5.11 Å². The number of hydrogen-bond acceptors (Lipinski definition) is 3. The number of nitrogens with one attached hydrogen (secondary N) is 1. The van der Waals surface area contributed by atoms with E-state index in [2.05, 4.69) is 5.32 Å². The smallest absolute Gasteiger partial charge is 0.323 e. The monoisotopic (exact) mass is 250 g/mol. The lowest BCUT2D eigenvalue weighted by Gasteiger charge is -2.06. The third kappa shape index (κ3) is 2.97. The van der Waals surface area contributed by atoms with Crippen LogP contribution in [0.2, 0.25) is 0 Å². The molecule has 1 aromatic rings. The van der Waals surface area contributed by atoms with Crippen LogP contribution in [-0.2, 0) is 11.3 Å². The number of carboxylic acid groups (broad SMARTS) is 1. The van der Waals surface area contributed by atoms with Gasteiger partial charge in [-0.25, -0.2) is 0 Å². The van der Waals surface area contributed by atoms with Crippen molar-refractivity contribution in [3.05, 3.63) is 34.2 Å². The molecule has 1 amide bonds. The molecule has 2 rings (SSSR count). The minimum atomic E-state index is -1.12. The molecule has 1 fully saturated rings. The molecule has 18 heavy (non-hydrogen) atoms. The fourth-order valence-corrected chi connectivity index (χ4v) is 1.63. The van der Waals surface area contributed by atoms with Gasteiger partial charge in [0.15, 0.2) is 0 Å². The van der Waals surface area contributed by atoms with Crippen LogP contribution < -0.4 is 10.9 Å². The fourth-order valence-electron chi connectivity index (χ4n) is 1.63. The molecule has 6 heteroatoms. The average Bonchev–Trinajstić information content (AvgIpc) is 3.12. The Hall–Kier alpha value is -2.11. The van der Waals surface area contributed by atoms with Crippen molar-refractivity contribution in [2.75, 3.05) is 6.54 Å². The zero-order valence-electron chi connectivity index (χ0n) is 9.76. The van der Waals surface area contributed by atoms with E-state index in [0.717, 1.165) is 17.4 Å². The number of nitrogens with zero attached hydrogens (tertiary/aromatic N) is 1. The molecule has 1 aromatic heterocycles. The second-order valence-electron chi connectivity index (χ2n) is 4.40. The number of aromatic nitrogens is 1. The molecule has 0 aliphatic heterocycles. The average molecular weight is 250 g/mol. The first-order chi connectivity index (χ1) is 8.58. The van der Waals surface area contributed by atoms with Gasteiger partial charge in [0.05, 0.1) is 0 Å². The van der Waals surface area contributed by atoms with Gasteiger partial charge in [0.25, 0.3) is 11.5 Å². The number of hydrogen-bond donors (Lipinski definition) is 2. The van der Waals surface area contributed by atoms with Crippen molar-refractivity contribution >= 4 is 11.9 Å². The summed E-state index contributed by atoms with van der Waals surface area (Å²) in [5.74, 6) is -1.03. The van der Waals surface area contributed by atoms with Crippen molar-refractivity contribution in [1.29, 1.82) is 0 Å². The minimum Gasteiger partial charge on any atom is -0.480 e. The van der Waals surface area contributed by atoms with Gasteiger partial charge in [-0.2, -0.15) is 0 Å². The number of pyridine rings is 1. The Morgan fingerprint density at radius 3 is 2.78 bits per heavy atom. The third-order valence-electron chi connectivity index (χ3n) is 2.82. The van der Waals surface area contributed by atoms with Crippen molar-refractivity contribution in [2.24, 2.45) is 5.92 Å². The molecular weight excluding hydrogens is 236 g/mol. The SMILES string of the molecule is O=C(O)Cn1cccc(C(=O)NCC2CC2)c1=O. The van der Waals surface area contributed by atoms with Crippen molar-refractivity contribution < 1.29 is 14.7 Å². The predicted molar refractivity (Wildman–Crippen MR) is 63.4 cm³/mol. The highest BCUT2D eigenvalue weighted by atomic mass is 16.4. The molecule has 1 aliphatic carbocycles. The Kier molecular flexibility index (Phi) is 3.45. The van der Waals surface area contributed by atoms with Crippen LogP contribution >= 0.6 is 0 Å². The van der Waals surface area contributed by atoms with E-state index in [1.54, 1.807) is 0 Å². The highest BCUT2D eigenvalue weighted by Gasteiger charge is 2.22. The van der Waals surface area contributed by atoms with E-state index in [9.17, 15) is 14.4 Å². The lowest BCUT2D eigenvalue weighted by molar-refractivity contribution is -0.137. The minimum absolute atomic E-state index is 0.0144. The number of amides is 1. The van der Waals surface area contributed by atoms with E-state index in [-0.39, 0.29) is 5.56 Å². The molecule has 0 bridgehead atoms. The van der Waals surface area contributed by atoms with Crippen molar-refractivity contribution in [3.8, 4) is 0 Å². The van der Waals surface area contributed by atoms with Gasteiger partial charge in [0.2, 0.25) is 0 Å². The van der Waals surface area contributed by atoms with Gasteiger partial charge >= 0.3 is 5.97 Å². The molecule has 1 aliphatic rings. The number of rotatable bonds is 5. The van der Waals surface area contributed by atoms with Gasteiger partial charge in [-0.1, -0.05) is 0 Å². The molecule has 1 heterocycles. The summed E-state index contributed by atoms with van der Waals surface area (Å²) in [5, 5.41) is 11.3. The maximum absolute atomic E-state index is 11.8. The molecule has 0 atom stereocenters. The van der Waals surface area contributed by atoms with Crippen LogP contribution in [0.3, 0.4) is 0 Å². The van der Waals surface area contributed by atoms with Gasteiger partial charge in [-0.3, -0.25) is 14.4 Å². The molecule has 0 aromatic carbocycles. The van der Waals surface area contributed by atoms with Crippen LogP contribution in [0.5, 0.6) is 0 Å². The summed E-state index contributed by atoms with van der Waals surface area (Å²) in [5.41, 5.74) is -0.590. The fraction of sp³-hybridized carbons (Fsp3) is 0.417. The van der Waals surface area contributed by atoms with Crippen molar-refractivity contribution in [2.45, 2.75) is 19.4 Å². The van der Waals surface area contributed by atoms with Crippen LogP contribution in [0.1, 0.15) is 23.2 Å². The van der Waals surface area contributed by atoms with Crippen LogP contribution in [0.4, 0.5) is 0 Å². The molecule has 96 valence electrons. The van der Waals surface area contributed by atoms with E-state index in [1.807, 2.05) is 0 Å². The molecule has 2 N–H and O–H groups in total. The Bertz CT molecular complexity index is 531. The standard InChI is InChI=1S/C12H14N2O4/c15-10(16)7-14-5-1-2-9(12(14)18)11(17)13-6-8-3-4-8/h1-2,5,8H,3-4,6-7H2,(H,13,17)(H,15,16). The first-order valence-electron chi connectivity index (χ1n) is 5.77. The zero-order valence-corrected chi connectivity index (χ0v) is 9.76.